The van der Waals surface area contributed by atoms with Crippen LogP contribution >= 0.6 is 12.4 Å². The minimum atomic E-state index is 0. The highest BCUT2D eigenvalue weighted by Gasteiger charge is 2.09. The monoisotopic (exact) mass is 131 g/mol. The summed E-state index contributed by atoms with van der Waals surface area (Å²) in [6, 6.07) is 0. The van der Waals surface area contributed by atoms with Gasteiger partial charge in [-0.15, -0.1) is 24.8 Å². The van der Waals surface area contributed by atoms with Crippen molar-refractivity contribution in [1.82, 2.24) is 5.32 Å². The van der Waals surface area contributed by atoms with Crippen molar-refractivity contribution in [3.63, 3.8) is 0 Å². The van der Waals surface area contributed by atoms with E-state index in [0.29, 0.717) is 5.92 Å². The predicted molar refractivity (Wildman–Crippen MR) is 37.1 cm³/mol. The van der Waals surface area contributed by atoms with Crippen LogP contribution in [-0.2, 0) is 0 Å². The van der Waals surface area contributed by atoms with Gasteiger partial charge < -0.3 is 5.32 Å². The SMILES string of the molecule is C#C[C@@H]1CCNC1.Cl. The number of halogens is 1. The highest BCUT2D eigenvalue weighted by molar-refractivity contribution is 5.85. The Bertz CT molecular complexity index is 89.2. The Kier molecular flexibility index (Phi) is 3.68. The Hall–Kier alpha value is -0.190. The van der Waals surface area contributed by atoms with Crippen LogP contribution < -0.4 is 5.32 Å². The molecule has 0 radical (unpaired) electrons. The molecule has 1 nitrogen and oxygen atoms in total. The zero-order chi connectivity index (χ0) is 5.11. The van der Waals surface area contributed by atoms with Gasteiger partial charge in [0.1, 0.15) is 0 Å². The lowest BCUT2D eigenvalue weighted by Gasteiger charge is -1.90. The van der Waals surface area contributed by atoms with E-state index in [-0.39, 0.29) is 12.4 Å². The van der Waals surface area contributed by atoms with Crippen molar-refractivity contribution in [2.45, 2.75) is 6.42 Å². The molecule has 1 rings (SSSR count). The molecule has 0 amide bonds. The van der Waals surface area contributed by atoms with Gasteiger partial charge in [0.2, 0.25) is 0 Å². The number of nitrogens with one attached hydrogen (secondary N) is 1. The largest absolute Gasteiger partial charge is 0.315 e. The van der Waals surface area contributed by atoms with Crippen molar-refractivity contribution < 1.29 is 0 Å². The molecule has 1 aliphatic heterocycles. The first-order valence-corrected chi connectivity index (χ1v) is 2.60. The summed E-state index contributed by atoms with van der Waals surface area (Å²) in [6.07, 6.45) is 6.31. The molecular formula is C6H10ClN. The lowest BCUT2D eigenvalue weighted by atomic mass is 10.1. The van der Waals surface area contributed by atoms with Gasteiger partial charge in [-0.3, -0.25) is 0 Å². The van der Waals surface area contributed by atoms with Crippen LogP contribution in [0.4, 0.5) is 0 Å². The molecule has 0 bridgehead atoms. The average Bonchev–Trinajstić information content (AvgIpc) is 2.14. The molecule has 0 saturated carbocycles. The first-order chi connectivity index (χ1) is 3.43. The molecule has 8 heavy (non-hydrogen) atoms. The van der Waals surface area contributed by atoms with Gasteiger partial charge in [-0.05, 0) is 13.0 Å². The first kappa shape index (κ1) is 7.81. The molecule has 1 fully saturated rings. The molecule has 46 valence electrons. The molecular weight excluding hydrogens is 122 g/mol. The van der Waals surface area contributed by atoms with E-state index >= 15 is 0 Å². The van der Waals surface area contributed by atoms with Crippen LogP contribution in [0.25, 0.3) is 0 Å². The summed E-state index contributed by atoms with van der Waals surface area (Å²) in [5.74, 6) is 3.22. The molecule has 0 aromatic carbocycles. The van der Waals surface area contributed by atoms with E-state index < -0.39 is 0 Å². The molecule has 1 aliphatic rings. The normalized spacial score (nSPS) is 26.1. The lowest BCUT2D eigenvalue weighted by molar-refractivity contribution is 0.756. The molecule has 1 N–H and O–H groups in total. The maximum absolute atomic E-state index is 5.14. The van der Waals surface area contributed by atoms with E-state index in [1.807, 2.05) is 0 Å². The van der Waals surface area contributed by atoms with Gasteiger partial charge in [-0.25, -0.2) is 0 Å². The van der Waals surface area contributed by atoms with Gasteiger partial charge >= 0.3 is 0 Å². The Morgan fingerprint density at radius 1 is 1.62 bits per heavy atom. The van der Waals surface area contributed by atoms with E-state index in [0.717, 1.165) is 19.5 Å². The number of rotatable bonds is 0. The van der Waals surface area contributed by atoms with Gasteiger partial charge in [0.25, 0.3) is 0 Å². The van der Waals surface area contributed by atoms with Gasteiger partial charge in [-0.1, -0.05) is 0 Å². The Balaban J connectivity index is 0.000000490. The smallest absolute Gasteiger partial charge is 0.0337 e. The molecule has 0 unspecified atom stereocenters. The zero-order valence-corrected chi connectivity index (χ0v) is 5.50. The van der Waals surface area contributed by atoms with Crippen molar-refractivity contribution in [1.29, 1.82) is 0 Å². The van der Waals surface area contributed by atoms with Gasteiger partial charge in [0.15, 0.2) is 0 Å². The fraction of sp³-hybridized carbons (Fsp3) is 0.667. The second-order valence-electron chi connectivity index (χ2n) is 1.86. The molecule has 0 aliphatic carbocycles. The third-order valence-electron chi connectivity index (χ3n) is 1.30. The zero-order valence-electron chi connectivity index (χ0n) is 4.68. The topological polar surface area (TPSA) is 12.0 Å². The first-order valence-electron chi connectivity index (χ1n) is 2.60. The summed E-state index contributed by atoms with van der Waals surface area (Å²) in [6.45, 7) is 2.13. The molecule has 1 atom stereocenters. The Morgan fingerprint density at radius 3 is 2.62 bits per heavy atom. The fourth-order valence-electron chi connectivity index (χ4n) is 0.797. The van der Waals surface area contributed by atoms with Crippen molar-refractivity contribution in [3.05, 3.63) is 0 Å². The van der Waals surface area contributed by atoms with Crippen molar-refractivity contribution in [2.24, 2.45) is 5.92 Å². The highest BCUT2D eigenvalue weighted by atomic mass is 35.5. The Labute approximate surface area is 56.3 Å². The molecule has 0 spiro atoms. The van der Waals surface area contributed by atoms with E-state index in [1.54, 1.807) is 0 Å². The molecule has 0 aromatic rings. The second kappa shape index (κ2) is 3.77. The second-order valence-corrected chi connectivity index (χ2v) is 1.86. The summed E-state index contributed by atoms with van der Waals surface area (Å²) >= 11 is 0. The van der Waals surface area contributed by atoms with Gasteiger partial charge in [0, 0.05) is 12.5 Å². The fourth-order valence-corrected chi connectivity index (χ4v) is 0.797. The van der Waals surface area contributed by atoms with Crippen LogP contribution in [0.5, 0.6) is 0 Å². The molecule has 1 saturated heterocycles. The average molecular weight is 132 g/mol. The van der Waals surface area contributed by atoms with E-state index in [2.05, 4.69) is 11.2 Å². The van der Waals surface area contributed by atoms with Crippen LogP contribution in [0.15, 0.2) is 0 Å². The van der Waals surface area contributed by atoms with Crippen molar-refractivity contribution >= 4 is 12.4 Å². The third kappa shape index (κ3) is 1.73. The van der Waals surface area contributed by atoms with Crippen molar-refractivity contribution in [3.8, 4) is 12.3 Å². The summed E-state index contributed by atoms with van der Waals surface area (Å²) < 4.78 is 0. The third-order valence-corrected chi connectivity index (χ3v) is 1.30. The van der Waals surface area contributed by atoms with E-state index in [4.69, 9.17) is 6.42 Å². The predicted octanol–water partition coefficient (Wildman–Crippen LogP) is 0.651. The minimum Gasteiger partial charge on any atom is -0.315 e. The van der Waals surface area contributed by atoms with Crippen LogP contribution in [0.2, 0.25) is 0 Å². The number of terminal acetylenes is 1. The summed E-state index contributed by atoms with van der Waals surface area (Å²) in [5.41, 5.74) is 0. The van der Waals surface area contributed by atoms with Crippen LogP contribution in [0.3, 0.4) is 0 Å². The maximum atomic E-state index is 5.14. The lowest BCUT2D eigenvalue weighted by Crippen LogP contribution is -2.07. The molecule has 2 heteroatoms. The Morgan fingerprint density at radius 2 is 2.38 bits per heavy atom. The summed E-state index contributed by atoms with van der Waals surface area (Å²) in [7, 11) is 0. The van der Waals surface area contributed by atoms with E-state index in [9.17, 15) is 0 Å². The van der Waals surface area contributed by atoms with Crippen LogP contribution in [0.1, 0.15) is 6.42 Å². The maximum Gasteiger partial charge on any atom is 0.0337 e. The van der Waals surface area contributed by atoms with Crippen molar-refractivity contribution in [2.75, 3.05) is 13.1 Å². The van der Waals surface area contributed by atoms with Gasteiger partial charge in [0.05, 0.1) is 0 Å². The van der Waals surface area contributed by atoms with Crippen LogP contribution in [0, 0.1) is 18.3 Å². The van der Waals surface area contributed by atoms with Gasteiger partial charge in [-0.2, -0.15) is 0 Å². The molecule has 1 heterocycles. The number of hydrogen-bond acceptors (Lipinski definition) is 1. The highest BCUT2D eigenvalue weighted by Crippen LogP contribution is 2.03. The number of hydrogen-bond donors (Lipinski definition) is 1. The minimum absolute atomic E-state index is 0. The summed E-state index contributed by atoms with van der Waals surface area (Å²) in [4.78, 5) is 0. The quantitative estimate of drug-likeness (QED) is 0.476. The molecule has 0 aromatic heterocycles. The van der Waals surface area contributed by atoms with Crippen LogP contribution in [-0.4, -0.2) is 13.1 Å². The van der Waals surface area contributed by atoms with E-state index in [1.165, 1.54) is 0 Å². The summed E-state index contributed by atoms with van der Waals surface area (Å²) in [5, 5.41) is 3.18. The standard InChI is InChI=1S/C6H9N.ClH/c1-2-6-3-4-7-5-6;/h1,6-7H,3-5H2;1H/t6-;/m1./s1.